The molecule has 9 heteroatoms. The summed E-state index contributed by atoms with van der Waals surface area (Å²) in [4.78, 5) is 14.9. The van der Waals surface area contributed by atoms with Crippen LogP contribution in [0.25, 0.3) is 0 Å². The first-order valence-corrected chi connectivity index (χ1v) is 9.52. The molecule has 0 saturated carbocycles. The van der Waals surface area contributed by atoms with Crippen LogP contribution in [-0.4, -0.2) is 58.6 Å². The van der Waals surface area contributed by atoms with E-state index in [0.717, 1.165) is 0 Å². The molecule has 2 aliphatic rings. The molecule has 2 fully saturated rings. The monoisotopic (exact) mass is 402 g/mol. The van der Waals surface area contributed by atoms with Crippen molar-refractivity contribution >= 4 is 17.6 Å². The highest BCUT2D eigenvalue weighted by atomic mass is 35.5. The molecule has 1 aromatic heterocycles. The van der Waals surface area contributed by atoms with E-state index >= 15 is 0 Å². The third-order valence-corrected chi connectivity index (χ3v) is 5.28. The van der Waals surface area contributed by atoms with Crippen molar-refractivity contribution in [2.75, 3.05) is 0 Å². The second-order valence-corrected chi connectivity index (χ2v) is 8.02. The molecule has 0 amide bonds. The molecule has 0 unspecified atom stereocenters. The fraction of sp³-hybridized carbons (Fsp3) is 0.722. The second kappa shape index (κ2) is 8.06. The summed E-state index contributed by atoms with van der Waals surface area (Å²) >= 11 is 5.82. The molecule has 0 aromatic carbocycles. The first kappa shape index (κ1) is 20.6. The van der Waals surface area contributed by atoms with Gasteiger partial charge >= 0.3 is 5.97 Å². The molecule has 1 aromatic rings. The SMILES string of the molecule is C[C@@H]1O[C@@H](O)C[C@@](C)(N)[C@H]1O[C@H]1CC[C@H](OC(=O)c2cc(Cl)c[nH]2)[C@@H](C)O1. The van der Waals surface area contributed by atoms with Gasteiger partial charge < -0.3 is 34.8 Å². The number of hydrogen-bond acceptors (Lipinski definition) is 7. The standard InChI is InChI=1S/C18H27ClN2O6/c1-9-13(26-17(23)12-6-11(19)8-21-12)4-5-15(25-9)27-16-10(2)24-14(22)7-18(16,3)20/h6,8-10,13-16,21-22H,4-5,7,20H2,1-3H3/t9-,10+,13+,14-,15+,16+,18-/m1/s1. The normalized spacial score (nSPS) is 39.9. The molecule has 8 nitrogen and oxygen atoms in total. The highest BCUT2D eigenvalue weighted by molar-refractivity contribution is 6.30. The van der Waals surface area contributed by atoms with E-state index in [1.54, 1.807) is 0 Å². The summed E-state index contributed by atoms with van der Waals surface area (Å²) in [6.07, 6.45) is 0.0656. The zero-order valence-corrected chi connectivity index (χ0v) is 16.4. The predicted molar refractivity (Wildman–Crippen MR) is 97.2 cm³/mol. The van der Waals surface area contributed by atoms with Crippen LogP contribution in [0.5, 0.6) is 0 Å². The number of carbonyl (C=O) groups is 1. The average molecular weight is 403 g/mol. The molecule has 3 rings (SSSR count). The molecular formula is C18H27ClN2O6. The minimum Gasteiger partial charge on any atom is -0.455 e. The van der Waals surface area contributed by atoms with E-state index in [1.165, 1.54) is 12.3 Å². The number of carbonyl (C=O) groups excluding carboxylic acids is 1. The summed E-state index contributed by atoms with van der Waals surface area (Å²) in [6.45, 7) is 5.48. The van der Waals surface area contributed by atoms with Gasteiger partial charge in [0.1, 0.15) is 17.9 Å². The summed E-state index contributed by atoms with van der Waals surface area (Å²) in [5.74, 6) is -0.473. The summed E-state index contributed by atoms with van der Waals surface area (Å²) < 4.78 is 22.9. The van der Waals surface area contributed by atoms with Crippen molar-refractivity contribution in [3.05, 3.63) is 23.0 Å². The number of aromatic amines is 1. The lowest BCUT2D eigenvalue weighted by Gasteiger charge is -2.46. The second-order valence-electron chi connectivity index (χ2n) is 7.59. The number of aliphatic hydroxyl groups is 1. The molecule has 27 heavy (non-hydrogen) atoms. The van der Waals surface area contributed by atoms with Gasteiger partial charge in [-0.1, -0.05) is 11.6 Å². The number of aromatic nitrogens is 1. The fourth-order valence-corrected chi connectivity index (χ4v) is 3.86. The van der Waals surface area contributed by atoms with Crippen molar-refractivity contribution in [1.82, 2.24) is 4.98 Å². The Labute approximate surface area is 163 Å². The highest BCUT2D eigenvalue weighted by Gasteiger charge is 2.45. The fourth-order valence-electron chi connectivity index (χ4n) is 3.70. The van der Waals surface area contributed by atoms with Gasteiger partial charge in [-0.25, -0.2) is 4.79 Å². The van der Waals surface area contributed by atoms with Gasteiger partial charge in [0.05, 0.1) is 17.2 Å². The molecule has 3 heterocycles. The van der Waals surface area contributed by atoms with Gasteiger partial charge in [0.15, 0.2) is 12.6 Å². The third kappa shape index (κ3) is 4.82. The smallest absolute Gasteiger partial charge is 0.355 e. The number of esters is 1. The predicted octanol–water partition coefficient (Wildman–Crippen LogP) is 1.95. The Hall–Kier alpha value is -1.16. The van der Waals surface area contributed by atoms with E-state index in [1.807, 2.05) is 20.8 Å². The Balaban J connectivity index is 1.54. The van der Waals surface area contributed by atoms with E-state index in [9.17, 15) is 9.90 Å². The van der Waals surface area contributed by atoms with Crippen molar-refractivity contribution in [3.63, 3.8) is 0 Å². The van der Waals surface area contributed by atoms with Crippen molar-refractivity contribution < 1.29 is 28.8 Å². The largest absolute Gasteiger partial charge is 0.455 e. The maximum atomic E-state index is 12.2. The van der Waals surface area contributed by atoms with Crippen LogP contribution < -0.4 is 5.73 Å². The van der Waals surface area contributed by atoms with Gasteiger partial charge in [-0.2, -0.15) is 0 Å². The van der Waals surface area contributed by atoms with Crippen LogP contribution in [0.3, 0.4) is 0 Å². The van der Waals surface area contributed by atoms with Crippen molar-refractivity contribution in [2.24, 2.45) is 5.73 Å². The minimum atomic E-state index is -0.897. The van der Waals surface area contributed by atoms with Gasteiger partial charge in [0, 0.05) is 24.6 Å². The lowest BCUT2D eigenvalue weighted by atomic mass is 9.86. The Morgan fingerprint density at radius 1 is 1.37 bits per heavy atom. The van der Waals surface area contributed by atoms with E-state index in [4.69, 9.17) is 36.3 Å². The number of aliphatic hydroxyl groups excluding tert-OH is 1. The molecule has 0 spiro atoms. The van der Waals surface area contributed by atoms with E-state index in [2.05, 4.69) is 4.98 Å². The Kier molecular flexibility index (Phi) is 6.14. The number of H-pyrrole nitrogens is 1. The van der Waals surface area contributed by atoms with Crippen LogP contribution in [-0.2, 0) is 18.9 Å². The number of halogens is 1. The molecule has 152 valence electrons. The molecule has 7 atom stereocenters. The summed E-state index contributed by atoms with van der Waals surface area (Å²) in [5, 5.41) is 10.2. The highest BCUT2D eigenvalue weighted by Crippen LogP contribution is 2.32. The summed E-state index contributed by atoms with van der Waals surface area (Å²) in [7, 11) is 0. The third-order valence-electron chi connectivity index (χ3n) is 5.06. The lowest BCUT2D eigenvalue weighted by molar-refractivity contribution is -0.289. The maximum absolute atomic E-state index is 12.2. The topological polar surface area (TPSA) is 116 Å². The van der Waals surface area contributed by atoms with Gasteiger partial charge in [-0.05, 0) is 33.3 Å². The van der Waals surface area contributed by atoms with Gasteiger partial charge in [-0.3, -0.25) is 0 Å². The van der Waals surface area contributed by atoms with E-state index < -0.39 is 30.2 Å². The van der Waals surface area contributed by atoms with Gasteiger partial charge in [0.25, 0.3) is 0 Å². The number of nitrogens with two attached hydrogens (primary N) is 1. The first-order valence-electron chi connectivity index (χ1n) is 9.14. The van der Waals surface area contributed by atoms with Gasteiger partial charge in [-0.15, -0.1) is 0 Å². The van der Waals surface area contributed by atoms with Crippen LogP contribution in [0.2, 0.25) is 5.02 Å². The quantitative estimate of drug-likeness (QED) is 0.659. The zero-order chi connectivity index (χ0) is 19.8. The zero-order valence-electron chi connectivity index (χ0n) is 15.7. The molecule has 0 aliphatic carbocycles. The molecule has 0 bridgehead atoms. The maximum Gasteiger partial charge on any atom is 0.355 e. The van der Waals surface area contributed by atoms with Crippen molar-refractivity contribution in [1.29, 1.82) is 0 Å². The molecule has 4 N–H and O–H groups in total. The number of nitrogens with one attached hydrogen (secondary N) is 1. The number of ether oxygens (including phenoxy) is 4. The lowest BCUT2D eigenvalue weighted by Crippen LogP contribution is -2.62. The van der Waals surface area contributed by atoms with Crippen LogP contribution >= 0.6 is 11.6 Å². The first-order chi connectivity index (χ1) is 12.7. The summed E-state index contributed by atoms with van der Waals surface area (Å²) in [5.41, 5.74) is 5.88. The van der Waals surface area contributed by atoms with Crippen molar-refractivity contribution in [3.8, 4) is 0 Å². The molecule has 2 aliphatic heterocycles. The molecule has 0 radical (unpaired) electrons. The Bertz CT molecular complexity index is 666. The number of rotatable bonds is 4. The molecule has 2 saturated heterocycles. The Morgan fingerprint density at radius 2 is 2.11 bits per heavy atom. The van der Waals surface area contributed by atoms with Crippen LogP contribution in [0.1, 0.15) is 50.5 Å². The number of hydrogen-bond donors (Lipinski definition) is 3. The van der Waals surface area contributed by atoms with Crippen molar-refractivity contribution in [2.45, 2.75) is 82.6 Å². The van der Waals surface area contributed by atoms with Gasteiger partial charge in [0.2, 0.25) is 0 Å². The average Bonchev–Trinajstić information content (AvgIpc) is 2.99. The minimum absolute atomic E-state index is 0.281. The van der Waals surface area contributed by atoms with Crippen LogP contribution in [0, 0.1) is 0 Å². The summed E-state index contributed by atoms with van der Waals surface area (Å²) in [6, 6.07) is 1.52. The molecular weight excluding hydrogens is 376 g/mol. The van der Waals surface area contributed by atoms with Crippen LogP contribution in [0.4, 0.5) is 0 Å². The van der Waals surface area contributed by atoms with Crippen LogP contribution in [0.15, 0.2) is 12.3 Å². The Morgan fingerprint density at radius 3 is 2.70 bits per heavy atom. The van der Waals surface area contributed by atoms with E-state index in [-0.39, 0.29) is 24.7 Å². The van der Waals surface area contributed by atoms with E-state index in [0.29, 0.717) is 23.6 Å².